The minimum absolute atomic E-state index is 0.537. The van der Waals surface area contributed by atoms with Crippen LogP contribution in [0.1, 0.15) is 25.3 Å². The van der Waals surface area contributed by atoms with E-state index in [9.17, 15) is 0 Å². The Kier molecular flexibility index (Phi) is 7.39. The fraction of sp³-hybridized carbons (Fsp3) is 0.207. The molecule has 0 bridgehead atoms. The lowest BCUT2D eigenvalue weighted by Crippen LogP contribution is -2.21. The Labute approximate surface area is 207 Å². The van der Waals surface area contributed by atoms with E-state index in [0.717, 1.165) is 41.2 Å². The minimum atomic E-state index is 0.537. The van der Waals surface area contributed by atoms with Crippen LogP contribution in [0.3, 0.4) is 0 Å². The Morgan fingerprint density at radius 3 is 2.09 bits per heavy atom. The number of oxazole rings is 1. The van der Waals surface area contributed by atoms with E-state index in [4.69, 9.17) is 21.0 Å². The Hall–Kier alpha value is -3.50. The smallest absolute Gasteiger partial charge is 0.220 e. The van der Waals surface area contributed by atoms with Crippen LogP contribution in [-0.2, 0) is 0 Å². The zero-order valence-electron chi connectivity index (χ0n) is 20.1. The summed E-state index contributed by atoms with van der Waals surface area (Å²) in [5.74, 6) is 1.20. The van der Waals surface area contributed by atoms with Gasteiger partial charge in [0.1, 0.15) is 5.69 Å². The number of benzene rings is 3. The van der Waals surface area contributed by atoms with Crippen molar-refractivity contribution in [1.29, 1.82) is 0 Å². The van der Waals surface area contributed by atoms with Crippen molar-refractivity contribution in [2.24, 2.45) is 0 Å². The molecule has 0 amide bonds. The van der Waals surface area contributed by atoms with Gasteiger partial charge < -0.3 is 14.2 Å². The predicted octanol–water partition coefficient (Wildman–Crippen LogP) is 7.74. The number of rotatable bonds is 8. The van der Waals surface area contributed by atoms with Crippen molar-refractivity contribution in [3.05, 3.63) is 89.3 Å². The molecule has 3 aromatic carbocycles. The van der Waals surface area contributed by atoms with Gasteiger partial charge in [0.2, 0.25) is 5.89 Å². The molecular formula is C29H30ClN3O. The number of nitrogens with zero attached hydrogens (tertiary/aromatic N) is 3. The molecule has 4 nitrogen and oxygen atoms in total. The van der Waals surface area contributed by atoms with Crippen LogP contribution < -0.4 is 9.80 Å². The molecule has 0 spiro atoms. The third kappa shape index (κ3) is 5.18. The summed E-state index contributed by atoms with van der Waals surface area (Å²) < 4.78 is 6.23. The van der Waals surface area contributed by atoms with Crippen LogP contribution in [0.2, 0.25) is 5.02 Å². The molecule has 4 rings (SSSR count). The molecule has 0 atom stereocenters. The highest BCUT2D eigenvalue weighted by atomic mass is 35.5. The second-order valence-corrected chi connectivity index (χ2v) is 8.66. The van der Waals surface area contributed by atoms with E-state index in [1.165, 1.54) is 5.69 Å². The SMILES string of the molecule is CCN(CC)c1ccc(C=Cc2nc(-c3ccc(N(C)C)cc3)c(-c3ccccc3Cl)o2)cc1. The third-order valence-corrected chi connectivity index (χ3v) is 6.19. The molecule has 0 saturated carbocycles. The molecule has 4 aromatic rings. The zero-order valence-corrected chi connectivity index (χ0v) is 20.9. The average Bonchev–Trinajstić information content (AvgIpc) is 3.28. The third-order valence-electron chi connectivity index (χ3n) is 5.86. The summed E-state index contributed by atoms with van der Waals surface area (Å²) in [5.41, 5.74) is 6.02. The monoisotopic (exact) mass is 471 g/mol. The highest BCUT2D eigenvalue weighted by Crippen LogP contribution is 2.37. The molecule has 0 radical (unpaired) electrons. The first kappa shape index (κ1) is 23.7. The molecule has 5 heteroatoms. The fourth-order valence-electron chi connectivity index (χ4n) is 3.90. The summed E-state index contributed by atoms with van der Waals surface area (Å²) >= 11 is 6.51. The van der Waals surface area contributed by atoms with Gasteiger partial charge in [-0.05, 0) is 61.9 Å². The van der Waals surface area contributed by atoms with Gasteiger partial charge in [-0.1, -0.05) is 48.0 Å². The molecule has 34 heavy (non-hydrogen) atoms. The topological polar surface area (TPSA) is 32.5 Å². The van der Waals surface area contributed by atoms with E-state index in [1.54, 1.807) is 0 Å². The summed E-state index contributed by atoms with van der Waals surface area (Å²) in [7, 11) is 4.05. The first-order valence-electron chi connectivity index (χ1n) is 11.6. The second-order valence-electron chi connectivity index (χ2n) is 8.25. The maximum atomic E-state index is 6.51. The number of anilines is 2. The Morgan fingerprint density at radius 1 is 0.824 bits per heavy atom. The maximum absolute atomic E-state index is 6.51. The lowest BCUT2D eigenvalue weighted by molar-refractivity contribution is 0.561. The van der Waals surface area contributed by atoms with E-state index < -0.39 is 0 Å². The van der Waals surface area contributed by atoms with Gasteiger partial charge in [-0.2, -0.15) is 0 Å². The summed E-state index contributed by atoms with van der Waals surface area (Å²) in [6.45, 7) is 6.32. The standard InChI is InChI=1S/C29H30ClN3O/c1-5-33(6-2)24-16-11-21(12-17-24)13-20-27-31-28(22-14-18-23(19-15-22)32(3)4)29(34-27)25-9-7-8-10-26(25)30/h7-20H,5-6H2,1-4H3. The molecule has 0 saturated heterocycles. The minimum Gasteiger partial charge on any atom is -0.436 e. The largest absolute Gasteiger partial charge is 0.436 e. The summed E-state index contributed by atoms with van der Waals surface area (Å²) in [5, 5.41) is 0.632. The molecule has 0 aliphatic carbocycles. The molecule has 0 N–H and O–H groups in total. The fourth-order valence-corrected chi connectivity index (χ4v) is 4.12. The lowest BCUT2D eigenvalue weighted by atomic mass is 10.1. The molecule has 0 aliphatic rings. The highest BCUT2D eigenvalue weighted by Gasteiger charge is 2.18. The first-order valence-corrected chi connectivity index (χ1v) is 11.9. The van der Waals surface area contributed by atoms with E-state index in [0.29, 0.717) is 16.7 Å². The summed E-state index contributed by atoms with van der Waals surface area (Å²) in [4.78, 5) is 9.22. The van der Waals surface area contributed by atoms with Gasteiger partial charge in [-0.3, -0.25) is 0 Å². The molecular weight excluding hydrogens is 442 g/mol. The molecule has 174 valence electrons. The van der Waals surface area contributed by atoms with Crippen LogP contribution >= 0.6 is 11.6 Å². The van der Waals surface area contributed by atoms with Crippen molar-refractivity contribution in [2.45, 2.75) is 13.8 Å². The average molecular weight is 472 g/mol. The van der Waals surface area contributed by atoms with Gasteiger partial charge in [0.05, 0.1) is 5.02 Å². The number of hydrogen-bond acceptors (Lipinski definition) is 4. The normalized spacial score (nSPS) is 11.2. The Bertz CT molecular complexity index is 1250. The van der Waals surface area contributed by atoms with E-state index in [1.807, 2.05) is 50.5 Å². The zero-order chi connectivity index (χ0) is 24.1. The lowest BCUT2D eigenvalue weighted by Gasteiger charge is -2.20. The van der Waals surface area contributed by atoms with Crippen LogP contribution in [-0.4, -0.2) is 32.2 Å². The Balaban J connectivity index is 1.69. The van der Waals surface area contributed by atoms with Crippen molar-refractivity contribution in [1.82, 2.24) is 4.98 Å². The van der Waals surface area contributed by atoms with Crippen LogP contribution in [0.5, 0.6) is 0 Å². The number of halogens is 1. The molecule has 0 fully saturated rings. The van der Waals surface area contributed by atoms with Crippen LogP contribution in [0.15, 0.2) is 77.2 Å². The van der Waals surface area contributed by atoms with E-state index in [2.05, 4.69) is 72.2 Å². The van der Waals surface area contributed by atoms with E-state index >= 15 is 0 Å². The quantitative estimate of drug-likeness (QED) is 0.263. The van der Waals surface area contributed by atoms with Gasteiger partial charge in [0.25, 0.3) is 0 Å². The summed E-state index contributed by atoms with van der Waals surface area (Å²) in [6, 6.07) is 24.5. The number of hydrogen-bond donors (Lipinski definition) is 0. The maximum Gasteiger partial charge on any atom is 0.220 e. The molecule has 1 heterocycles. The van der Waals surface area contributed by atoms with Crippen molar-refractivity contribution in [3.8, 4) is 22.6 Å². The Morgan fingerprint density at radius 2 is 1.47 bits per heavy atom. The van der Waals surface area contributed by atoms with Crippen molar-refractivity contribution in [2.75, 3.05) is 37.0 Å². The van der Waals surface area contributed by atoms with Crippen LogP contribution in [0.25, 0.3) is 34.7 Å². The van der Waals surface area contributed by atoms with Crippen LogP contribution in [0, 0.1) is 0 Å². The number of aromatic nitrogens is 1. The van der Waals surface area contributed by atoms with E-state index in [-0.39, 0.29) is 0 Å². The first-order chi connectivity index (χ1) is 16.5. The second kappa shape index (κ2) is 10.6. The van der Waals surface area contributed by atoms with Crippen LogP contribution in [0.4, 0.5) is 11.4 Å². The van der Waals surface area contributed by atoms with Gasteiger partial charge in [0.15, 0.2) is 5.76 Å². The van der Waals surface area contributed by atoms with Crippen molar-refractivity contribution < 1.29 is 4.42 Å². The molecule has 0 aliphatic heterocycles. The van der Waals surface area contributed by atoms with Gasteiger partial charge >= 0.3 is 0 Å². The predicted molar refractivity (Wildman–Crippen MR) is 146 cm³/mol. The van der Waals surface area contributed by atoms with Gasteiger partial charge in [-0.25, -0.2) is 4.98 Å². The summed E-state index contributed by atoms with van der Waals surface area (Å²) in [6.07, 6.45) is 3.93. The molecule has 0 unspecified atom stereocenters. The molecule has 1 aromatic heterocycles. The van der Waals surface area contributed by atoms with Gasteiger partial charge in [-0.15, -0.1) is 0 Å². The van der Waals surface area contributed by atoms with Crippen molar-refractivity contribution >= 4 is 35.1 Å². The van der Waals surface area contributed by atoms with Gasteiger partial charge in [0, 0.05) is 55.8 Å². The van der Waals surface area contributed by atoms with Crippen molar-refractivity contribution in [3.63, 3.8) is 0 Å². The highest BCUT2D eigenvalue weighted by molar-refractivity contribution is 6.33.